The van der Waals surface area contributed by atoms with Gasteiger partial charge >= 0.3 is 7.12 Å². The van der Waals surface area contributed by atoms with E-state index in [9.17, 15) is 19.7 Å². The number of rotatable bonds is 7. The average Bonchev–Trinajstić information content (AvgIpc) is 3.02. The number of Topliss-reactive ketones (excluding diaryl/α,β-unsaturated/α-hetero) is 2. The van der Waals surface area contributed by atoms with E-state index in [4.69, 9.17) is 9.39 Å². The predicted molar refractivity (Wildman–Crippen MR) is 174 cm³/mol. The number of methoxy groups -OCH3 is 1. The minimum Gasteiger partial charge on any atom is -0.504 e. The second kappa shape index (κ2) is 12.4. The Morgan fingerprint density at radius 2 is 1.86 bits per heavy atom. The molecule has 6 rings (SSSR count). The van der Waals surface area contributed by atoms with E-state index in [0.717, 1.165) is 34.4 Å². The van der Waals surface area contributed by atoms with E-state index in [1.165, 1.54) is 7.11 Å². The van der Waals surface area contributed by atoms with E-state index >= 15 is 0 Å². The Hall–Kier alpha value is -3.28. The van der Waals surface area contributed by atoms with Crippen LogP contribution in [-0.2, 0) is 4.65 Å². The van der Waals surface area contributed by atoms with Crippen molar-refractivity contribution in [2.24, 2.45) is 17.8 Å². The lowest BCUT2D eigenvalue weighted by molar-refractivity contribution is 0.0600. The molecule has 4 atom stereocenters. The molecule has 1 aliphatic heterocycles. The summed E-state index contributed by atoms with van der Waals surface area (Å²) in [5.41, 5.74) is 5.89. The first-order valence-corrected chi connectivity index (χ1v) is 15.8. The smallest absolute Gasteiger partial charge is 0.455 e. The maximum Gasteiger partial charge on any atom is 0.455 e. The van der Waals surface area contributed by atoms with Crippen LogP contribution in [0.5, 0.6) is 11.5 Å². The quantitative estimate of drug-likeness (QED) is 0.163. The number of carbonyl (C=O) groups is 2. The molecule has 0 spiro atoms. The normalized spacial score (nSPS) is 23.5. The van der Waals surface area contributed by atoms with E-state index in [1.54, 1.807) is 30.5 Å². The molecule has 0 radical (unpaired) electrons. The minimum absolute atomic E-state index is 0.00402. The second-order valence-corrected chi connectivity index (χ2v) is 12.6. The summed E-state index contributed by atoms with van der Waals surface area (Å²) in [4.78, 5) is 32.1. The van der Waals surface area contributed by atoms with Gasteiger partial charge in [0.2, 0.25) is 0 Å². The molecular weight excluding hydrogens is 656 g/mol. The van der Waals surface area contributed by atoms with Gasteiger partial charge in [0.25, 0.3) is 0 Å². The van der Waals surface area contributed by atoms with Crippen molar-refractivity contribution >= 4 is 52.9 Å². The Morgan fingerprint density at radius 3 is 2.56 bits per heavy atom. The summed E-state index contributed by atoms with van der Waals surface area (Å²) < 4.78 is 12.3. The Kier molecular flexibility index (Phi) is 8.57. The number of halogens is 1. The number of nitrogens with zero attached hydrogens (tertiary/aromatic N) is 1. The first-order chi connectivity index (χ1) is 20.8. The first kappa shape index (κ1) is 29.8. The zero-order chi connectivity index (χ0) is 30.2. The van der Waals surface area contributed by atoms with Crippen LogP contribution >= 0.6 is 22.6 Å². The van der Waals surface area contributed by atoms with Crippen molar-refractivity contribution in [1.29, 1.82) is 0 Å². The molecule has 2 aliphatic carbocycles. The van der Waals surface area contributed by atoms with Gasteiger partial charge in [0, 0.05) is 29.2 Å². The van der Waals surface area contributed by atoms with Crippen molar-refractivity contribution in [3.63, 3.8) is 0 Å². The van der Waals surface area contributed by atoms with Gasteiger partial charge in [-0.05, 0) is 108 Å². The van der Waals surface area contributed by atoms with Gasteiger partial charge in [-0.1, -0.05) is 42.8 Å². The summed E-state index contributed by atoms with van der Waals surface area (Å²) in [5.74, 6) is -0.639. The van der Waals surface area contributed by atoms with Crippen LogP contribution in [0.15, 0.2) is 71.9 Å². The van der Waals surface area contributed by atoms with Crippen LogP contribution in [0, 0.1) is 21.3 Å². The number of allylic oxidation sites excluding steroid dienone is 2. The van der Waals surface area contributed by atoms with E-state index in [2.05, 4.69) is 34.5 Å². The lowest BCUT2D eigenvalue weighted by Gasteiger charge is -2.47. The molecule has 1 saturated heterocycles. The van der Waals surface area contributed by atoms with Gasteiger partial charge in [-0.15, -0.1) is 0 Å². The number of phenols is 1. The van der Waals surface area contributed by atoms with E-state index < -0.39 is 25.1 Å². The molecule has 3 aliphatic rings. The maximum absolute atomic E-state index is 13.9. The van der Waals surface area contributed by atoms with Crippen LogP contribution in [0.3, 0.4) is 0 Å². The van der Waals surface area contributed by atoms with Gasteiger partial charge in [0.1, 0.15) is 0 Å². The number of aromatic hydroxyl groups is 1. The fourth-order valence-corrected chi connectivity index (χ4v) is 7.78. The number of pyridine rings is 1. The van der Waals surface area contributed by atoms with Crippen LogP contribution in [-0.4, -0.2) is 47.0 Å². The SMILES string of the molecule is CCC1=C2[C@@H](CC/C(=C/c3cc(I)c(O)c(OC)c3)c3ccccn3)OB(O)C[C@@H]2[C@@H]2C(=O)c3ccccc3C(=O)[C@@H]2C1. The van der Waals surface area contributed by atoms with Gasteiger partial charge in [-0.3, -0.25) is 14.6 Å². The second-order valence-electron chi connectivity index (χ2n) is 11.4. The number of ketones is 2. The molecule has 1 fully saturated rings. The van der Waals surface area contributed by atoms with Crippen molar-refractivity contribution in [3.8, 4) is 11.5 Å². The number of hydrogen-bond donors (Lipinski definition) is 2. The topological polar surface area (TPSA) is 106 Å². The van der Waals surface area contributed by atoms with Gasteiger partial charge in [-0.25, -0.2) is 0 Å². The van der Waals surface area contributed by atoms with Crippen molar-refractivity contribution in [2.75, 3.05) is 7.11 Å². The number of benzene rings is 2. The summed E-state index contributed by atoms with van der Waals surface area (Å²) in [6.45, 7) is 2.09. The number of phenolic OH excluding ortho intramolecular Hbond substituents is 1. The molecule has 220 valence electrons. The van der Waals surface area contributed by atoms with Gasteiger partial charge in [0.05, 0.1) is 22.5 Å². The molecule has 1 aromatic heterocycles. The third-order valence-corrected chi connectivity index (χ3v) is 9.89. The molecule has 9 heteroatoms. The van der Waals surface area contributed by atoms with E-state index in [1.807, 2.05) is 36.4 Å². The zero-order valence-electron chi connectivity index (χ0n) is 24.1. The summed E-state index contributed by atoms with van der Waals surface area (Å²) in [7, 11) is 0.498. The van der Waals surface area contributed by atoms with Crippen molar-refractivity contribution in [1.82, 2.24) is 4.98 Å². The molecule has 0 amide bonds. The average molecular weight is 689 g/mol. The molecule has 0 unspecified atom stereocenters. The molecule has 7 nitrogen and oxygen atoms in total. The minimum atomic E-state index is -1.03. The zero-order valence-corrected chi connectivity index (χ0v) is 26.3. The van der Waals surface area contributed by atoms with Crippen molar-refractivity contribution in [2.45, 2.75) is 45.0 Å². The predicted octanol–water partition coefficient (Wildman–Crippen LogP) is 6.64. The van der Waals surface area contributed by atoms with Gasteiger partial charge < -0.3 is 19.5 Å². The molecule has 2 N–H and O–H groups in total. The summed E-state index contributed by atoms with van der Waals surface area (Å²) in [6.07, 6.45) is 6.14. The fourth-order valence-electron chi connectivity index (χ4n) is 7.15. The van der Waals surface area contributed by atoms with Crippen molar-refractivity contribution in [3.05, 3.63) is 97.9 Å². The molecule has 0 bridgehead atoms. The Labute approximate surface area is 265 Å². The first-order valence-electron chi connectivity index (χ1n) is 14.7. The molecule has 2 heterocycles. The highest BCUT2D eigenvalue weighted by molar-refractivity contribution is 14.1. The van der Waals surface area contributed by atoms with Crippen LogP contribution < -0.4 is 4.74 Å². The number of ether oxygens (including phenoxy) is 1. The molecule has 2 aromatic carbocycles. The highest BCUT2D eigenvalue weighted by Gasteiger charge is 2.53. The van der Waals surface area contributed by atoms with E-state index in [-0.39, 0.29) is 23.2 Å². The summed E-state index contributed by atoms with van der Waals surface area (Å²) in [6, 6.07) is 16.6. The Morgan fingerprint density at radius 1 is 1.12 bits per heavy atom. The third-order valence-electron chi connectivity index (χ3n) is 9.07. The molecular formula is C34H33BINO6. The van der Waals surface area contributed by atoms with E-state index in [0.29, 0.717) is 46.0 Å². The number of hydrogen-bond acceptors (Lipinski definition) is 7. The Balaban J connectivity index is 1.35. The molecule has 43 heavy (non-hydrogen) atoms. The fraction of sp³-hybridized carbons (Fsp3) is 0.324. The maximum atomic E-state index is 13.9. The molecule has 3 aromatic rings. The lowest BCUT2D eigenvalue weighted by Crippen LogP contribution is -2.50. The van der Waals surface area contributed by atoms with Crippen molar-refractivity contribution < 1.29 is 29.1 Å². The van der Waals surface area contributed by atoms with Crippen LogP contribution in [0.25, 0.3) is 11.6 Å². The monoisotopic (exact) mass is 689 g/mol. The number of fused-ring (bicyclic) bond motifs is 4. The number of carbonyl (C=O) groups excluding carboxylic acids is 2. The van der Waals surface area contributed by atoms with Crippen LogP contribution in [0.1, 0.15) is 64.6 Å². The highest BCUT2D eigenvalue weighted by atomic mass is 127. The third kappa shape index (κ3) is 5.58. The standard InChI is InChI=1S/C34H33BINO6/c1-3-20-17-24-31(33(39)23-9-5-4-8-22(23)32(24)38)25-18-35(41)43-28(30(20)25)12-11-21(27-10-6-7-13-37-27)14-19-15-26(36)34(40)29(16-19)42-2/h4-10,13-16,24-25,28,31,40-41H,3,11-12,17-18H2,1-2H3/b21-14-/t24-,25+,28-,31-/m1/s1. The van der Waals surface area contributed by atoms with Crippen LogP contribution in [0.2, 0.25) is 6.32 Å². The van der Waals surface area contributed by atoms with Gasteiger partial charge in [0.15, 0.2) is 23.1 Å². The lowest BCUT2D eigenvalue weighted by atomic mass is 9.54. The highest BCUT2D eigenvalue weighted by Crippen LogP contribution is 2.51. The largest absolute Gasteiger partial charge is 0.504 e. The Bertz CT molecular complexity index is 1640. The summed E-state index contributed by atoms with van der Waals surface area (Å²) in [5, 5.41) is 21.3. The molecule has 0 saturated carbocycles. The number of aromatic nitrogens is 1. The van der Waals surface area contributed by atoms with Gasteiger partial charge in [-0.2, -0.15) is 0 Å². The van der Waals surface area contributed by atoms with Crippen LogP contribution in [0.4, 0.5) is 0 Å². The summed E-state index contributed by atoms with van der Waals surface area (Å²) >= 11 is 2.08.